The smallest absolute Gasteiger partial charge is 0.223 e. The first-order valence-electron chi connectivity index (χ1n) is 9.81. The molecule has 1 amide bonds. The fourth-order valence-corrected chi connectivity index (χ4v) is 4.69. The molecule has 0 radical (unpaired) electrons. The van der Waals surface area contributed by atoms with Gasteiger partial charge in [0.05, 0.1) is 0 Å². The maximum Gasteiger partial charge on any atom is 0.223 e. The van der Waals surface area contributed by atoms with Gasteiger partial charge < -0.3 is 10.6 Å². The highest BCUT2D eigenvalue weighted by Crippen LogP contribution is 2.58. The van der Waals surface area contributed by atoms with Crippen LogP contribution in [0.1, 0.15) is 43.2 Å². The van der Waals surface area contributed by atoms with E-state index in [4.69, 9.17) is 0 Å². The Morgan fingerprint density at radius 1 is 1.00 bits per heavy atom. The van der Waals surface area contributed by atoms with Crippen molar-refractivity contribution < 1.29 is 4.79 Å². The minimum absolute atomic E-state index is 0.0617. The Labute approximate surface area is 156 Å². The maximum absolute atomic E-state index is 12.9. The van der Waals surface area contributed by atoms with E-state index < -0.39 is 0 Å². The van der Waals surface area contributed by atoms with Crippen LogP contribution < -0.4 is 10.6 Å². The summed E-state index contributed by atoms with van der Waals surface area (Å²) in [6, 6.07) is 21.1. The van der Waals surface area contributed by atoms with Gasteiger partial charge in [-0.25, -0.2) is 0 Å². The average molecular weight is 348 g/mol. The molecule has 26 heavy (non-hydrogen) atoms. The first-order valence-corrected chi connectivity index (χ1v) is 9.81. The number of carbonyl (C=O) groups is 1. The van der Waals surface area contributed by atoms with Crippen LogP contribution in [-0.4, -0.2) is 25.0 Å². The van der Waals surface area contributed by atoms with Crippen molar-refractivity contribution in [1.29, 1.82) is 0 Å². The molecule has 2 N–H and O–H groups in total. The summed E-state index contributed by atoms with van der Waals surface area (Å²) in [7, 11) is 0. The quantitative estimate of drug-likeness (QED) is 0.865. The number of rotatable bonds is 5. The Morgan fingerprint density at radius 2 is 1.54 bits per heavy atom. The lowest BCUT2D eigenvalue weighted by Crippen LogP contribution is -2.40. The van der Waals surface area contributed by atoms with Crippen LogP contribution in [0.5, 0.6) is 0 Å². The van der Waals surface area contributed by atoms with E-state index >= 15 is 0 Å². The number of amides is 1. The van der Waals surface area contributed by atoms with E-state index in [9.17, 15) is 4.79 Å². The van der Waals surface area contributed by atoms with Crippen LogP contribution in [0, 0.1) is 11.3 Å². The summed E-state index contributed by atoms with van der Waals surface area (Å²) in [6.07, 6.45) is 3.34. The minimum atomic E-state index is 0.0617. The molecule has 3 nitrogen and oxygen atoms in total. The Morgan fingerprint density at radius 3 is 2.08 bits per heavy atom. The third kappa shape index (κ3) is 3.41. The van der Waals surface area contributed by atoms with Crippen molar-refractivity contribution in [2.75, 3.05) is 13.1 Å². The van der Waals surface area contributed by atoms with Gasteiger partial charge >= 0.3 is 0 Å². The molecule has 1 spiro atoms. The van der Waals surface area contributed by atoms with Gasteiger partial charge in [0.15, 0.2) is 0 Å². The Kier molecular flexibility index (Phi) is 4.82. The summed E-state index contributed by atoms with van der Waals surface area (Å²) < 4.78 is 0. The molecule has 2 aromatic carbocycles. The first kappa shape index (κ1) is 17.3. The molecule has 1 aliphatic heterocycles. The molecule has 2 aromatic rings. The molecule has 1 saturated heterocycles. The summed E-state index contributed by atoms with van der Waals surface area (Å²) >= 11 is 0. The van der Waals surface area contributed by atoms with E-state index in [0.29, 0.717) is 0 Å². The van der Waals surface area contributed by atoms with Gasteiger partial charge in [-0.3, -0.25) is 4.79 Å². The summed E-state index contributed by atoms with van der Waals surface area (Å²) in [6.45, 7) is 4.24. The summed E-state index contributed by atoms with van der Waals surface area (Å²) in [5.74, 6) is 0.625. The van der Waals surface area contributed by atoms with Gasteiger partial charge in [-0.05, 0) is 55.8 Å². The lowest BCUT2D eigenvalue weighted by Gasteiger charge is -2.27. The second-order valence-electron chi connectivity index (χ2n) is 7.97. The van der Waals surface area contributed by atoms with Crippen LogP contribution in [0.2, 0.25) is 0 Å². The third-order valence-corrected chi connectivity index (χ3v) is 6.29. The topological polar surface area (TPSA) is 41.1 Å². The predicted molar refractivity (Wildman–Crippen MR) is 105 cm³/mol. The summed E-state index contributed by atoms with van der Waals surface area (Å²) in [5.41, 5.74) is 2.78. The fraction of sp³-hybridized carbons (Fsp3) is 0.435. The van der Waals surface area contributed by atoms with E-state index in [2.05, 4.69) is 66.1 Å². The fourth-order valence-electron chi connectivity index (χ4n) is 4.69. The van der Waals surface area contributed by atoms with Gasteiger partial charge in [-0.15, -0.1) is 0 Å². The van der Waals surface area contributed by atoms with Crippen LogP contribution in [0.4, 0.5) is 0 Å². The van der Waals surface area contributed by atoms with Crippen LogP contribution in [0.15, 0.2) is 60.7 Å². The Balaban J connectivity index is 1.50. The van der Waals surface area contributed by atoms with Gasteiger partial charge in [0.2, 0.25) is 5.91 Å². The zero-order valence-corrected chi connectivity index (χ0v) is 15.4. The summed E-state index contributed by atoms with van der Waals surface area (Å²) in [5, 5.41) is 6.76. The van der Waals surface area contributed by atoms with Gasteiger partial charge in [0.1, 0.15) is 0 Å². The largest absolute Gasteiger partial charge is 0.352 e. The molecule has 0 bridgehead atoms. The number of hydrogen-bond donors (Lipinski definition) is 2. The minimum Gasteiger partial charge on any atom is -0.352 e. The average Bonchev–Trinajstić information content (AvgIpc) is 3.37. The van der Waals surface area contributed by atoms with Gasteiger partial charge in [0, 0.05) is 17.9 Å². The number of benzene rings is 2. The molecule has 0 aromatic heterocycles. The third-order valence-electron chi connectivity index (χ3n) is 6.29. The number of nitrogens with one attached hydrogen (secondary N) is 2. The molecule has 0 unspecified atom stereocenters. The molecule has 1 heterocycles. The SMILES string of the molecule is C[C@H](NC(=O)[C@@H]1CC12CCNCC2)C(c1ccccc1)c1ccccc1. The highest BCUT2D eigenvalue weighted by atomic mass is 16.2. The van der Waals surface area contributed by atoms with Crippen LogP contribution in [0.25, 0.3) is 0 Å². The molecule has 2 atom stereocenters. The van der Waals surface area contributed by atoms with Crippen molar-refractivity contribution in [3.63, 3.8) is 0 Å². The van der Waals surface area contributed by atoms with Gasteiger partial charge in [0.25, 0.3) is 0 Å². The van der Waals surface area contributed by atoms with E-state index in [0.717, 1.165) is 32.4 Å². The Hall–Kier alpha value is -2.13. The standard InChI is InChI=1S/C23H28N2O/c1-17(25-22(26)20-16-23(20)12-14-24-15-13-23)21(18-8-4-2-5-9-18)19-10-6-3-7-11-19/h2-11,17,20-21,24H,12-16H2,1H3,(H,25,26)/t17-,20-/m0/s1. The normalized spacial score (nSPS) is 22.2. The van der Waals surface area contributed by atoms with Crippen LogP contribution >= 0.6 is 0 Å². The van der Waals surface area contributed by atoms with Gasteiger partial charge in [-0.1, -0.05) is 60.7 Å². The van der Waals surface area contributed by atoms with E-state index in [1.165, 1.54) is 11.1 Å². The van der Waals surface area contributed by atoms with Crippen LogP contribution in [-0.2, 0) is 4.79 Å². The van der Waals surface area contributed by atoms with Crippen molar-refractivity contribution >= 4 is 5.91 Å². The molecule has 2 fully saturated rings. The maximum atomic E-state index is 12.9. The molecule has 1 aliphatic carbocycles. The monoisotopic (exact) mass is 348 g/mol. The predicted octanol–water partition coefficient (Wildman–Crippen LogP) is 3.71. The highest BCUT2D eigenvalue weighted by Gasteiger charge is 2.57. The van der Waals surface area contributed by atoms with Crippen molar-refractivity contribution in [2.24, 2.45) is 11.3 Å². The second kappa shape index (κ2) is 7.24. The lowest BCUT2D eigenvalue weighted by atomic mass is 9.85. The first-order chi connectivity index (χ1) is 12.7. The molecule has 4 rings (SSSR count). The van der Waals surface area contributed by atoms with E-state index in [-0.39, 0.29) is 29.2 Å². The number of piperidine rings is 1. The number of carbonyl (C=O) groups excluding carboxylic acids is 1. The lowest BCUT2D eigenvalue weighted by molar-refractivity contribution is -0.124. The Bertz CT molecular complexity index is 698. The number of hydrogen-bond acceptors (Lipinski definition) is 2. The van der Waals surface area contributed by atoms with E-state index in [1.807, 2.05) is 12.1 Å². The van der Waals surface area contributed by atoms with Crippen molar-refractivity contribution in [1.82, 2.24) is 10.6 Å². The highest BCUT2D eigenvalue weighted by molar-refractivity contribution is 5.83. The van der Waals surface area contributed by atoms with Crippen molar-refractivity contribution in [3.05, 3.63) is 71.8 Å². The molecular formula is C23H28N2O. The zero-order valence-electron chi connectivity index (χ0n) is 15.4. The van der Waals surface area contributed by atoms with Gasteiger partial charge in [-0.2, -0.15) is 0 Å². The molecule has 2 aliphatic rings. The second-order valence-corrected chi connectivity index (χ2v) is 7.97. The summed E-state index contributed by atoms with van der Waals surface area (Å²) in [4.78, 5) is 12.9. The molecular weight excluding hydrogens is 320 g/mol. The van der Waals surface area contributed by atoms with Crippen LogP contribution in [0.3, 0.4) is 0 Å². The molecule has 136 valence electrons. The molecule has 1 saturated carbocycles. The van der Waals surface area contributed by atoms with Crippen molar-refractivity contribution in [3.8, 4) is 0 Å². The zero-order chi connectivity index (χ0) is 18.0. The molecule has 3 heteroatoms. The van der Waals surface area contributed by atoms with E-state index in [1.54, 1.807) is 0 Å². The van der Waals surface area contributed by atoms with Crippen molar-refractivity contribution in [2.45, 2.75) is 38.1 Å².